The van der Waals surface area contributed by atoms with Crippen molar-refractivity contribution in [2.45, 2.75) is 78.3 Å². The summed E-state index contributed by atoms with van der Waals surface area (Å²) in [6.07, 6.45) is 3.51. The van der Waals surface area contributed by atoms with E-state index in [2.05, 4.69) is 19.2 Å². The van der Waals surface area contributed by atoms with Gasteiger partial charge in [-0.2, -0.15) is 0 Å². The van der Waals surface area contributed by atoms with Crippen LogP contribution in [-0.4, -0.2) is 34.3 Å². The number of amides is 2. The van der Waals surface area contributed by atoms with Gasteiger partial charge in [-0.1, -0.05) is 34.1 Å². The van der Waals surface area contributed by atoms with Crippen LogP contribution in [0.1, 0.15) is 67.2 Å². The molecule has 1 rings (SSSR count). The fraction of sp³-hybridized carbons (Fsp3) is 0.875. The Bertz CT molecular complexity index is 373. The zero-order valence-corrected chi connectivity index (χ0v) is 13.9. The van der Waals surface area contributed by atoms with E-state index in [-0.39, 0.29) is 11.8 Å². The number of nitrogens with one attached hydrogen (secondary N) is 1. The third kappa shape index (κ3) is 2.84. The number of piperazine rings is 1. The second kappa shape index (κ2) is 6.15. The molecule has 1 saturated heterocycles. The number of carbonyl (C=O) groups excluding carboxylic acids is 2. The summed E-state index contributed by atoms with van der Waals surface area (Å²) in [5.74, 6) is 0.461. The minimum Gasteiger partial charge on any atom is -0.340 e. The highest BCUT2D eigenvalue weighted by Crippen LogP contribution is 2.33. The van der Waals surface area contributed by atoms with Gasteiger partial charge in [0, 0.05) is 6.54 Å². The number of rotatable bonds is 6. The molecule has 116 valence electrons. The maximum absolute atomic E-state index is 12.8. The number of hydrogen-bond acceptors (Lipinski definition) is 2. The van der Waals surface area contributed by atoms with Crippen molar-refractivity contribution < 1.29 is 9.59 Å². The normalized spacial score (nSPS) is 22.6. The van der Waals surface area contributed by atoms with Crippen LogP contribution in [0.5, 0.6) is 0 Å². The Morgan fingerprint density at radius 3 is 2.15 bits per heavy atom. The summed E-state index contributed by atoms with van der Waals surface area (Å²) in [6, 6.07) is 0. The Morgan fingerprint density at radius 1 is 1.15 bits per heavy atom. The molecule has 1 heterocycles. The molecular weight excluding hydrogens is 252 g/mol. The van der Waals surface area contributed by atoms with Crippen molar-refractivity contribution in [2.24, 2.45) is 5.92 Å². The van der Waals surface area contributed by atoms with Crippen LogP contribution in [-0.2, 0) is 9.59 Å². The van der Waals surface area contributed by atoms with Gasteiger partial charge < -0.3 is 10.2 Å². The first-order valence-corrected chi connectivity index (χ1v) is 7.89. The smallest absolute Gasteiger partial charge is 0.248 e. The van der Waals surface area contributed by atoms with Gasteiger partial charge in [-0.3, -0.25) is 9.59 Å². The molecule has 0 saturated carbocycles. The first kappa shape index (κ1) is 17.0. The molecule has 0 bridgehead atoms. The zero-order valence-electron chi connectivity index (χ0n) is 13.9. The summed E-state index contributed by atoms with van der Waals surface area (Å²) < 4.78 is 0. The molecule has 2 amide bonds. The molecule has 0 aromatic rings. The van der Waals surface area contributed by atoms with Crippen molar-refractivity contribution in [3.8, 4) is 0 Å². The molecule has 1 N–H and O–H groups in total. The highest BCUT2D eigenvalue weighted by atomic mass is 16.2. The van der Waals surface area contributed by atoms with Crippen molar-refractivity contribution >= 4 is 11.8 Å². The van der Waals surface area contributed by atoms with Crippen molar-refractivity contribution in [3.63, 3.8) is 0 Å². The molecule has 0 aliphatic carbocycles. The second-order valence-corrected chi connectivity index (χ2v) is 6.63. The van der Waals surface area contributed by atoms with Crippen LogP contribution in [0, 0.1) is 5.92 Å². The van der Waals surface area contributed by atoms with Crippen molar-refractivity contribution in [2.75, 3.05) is 6.54 Å². The quantitative estimate of drug-likeness (QED) is 0.814. The summed E-state index contributed by atoms with van der Waals surface area (Å²) in [4.78, 5) is 27.2. The molecule has 1 aliphatic heterocycles. The molecule has 20 heavy (non-hydrogen) atoms. The van der Waals surface area contributed by atoms with Crippen LogP contribution in [0.15, 0.2) is 0 Å². The molecular formula is C16H30N2O2. The summed E-state index contributed by atoms with van der Waals surface area (Å²) in [6.45, 7) is 12.5. The van der Waals surface area contributed by atoms with Gasteiger partial charge in [-0.15, -0.1) is 0 Å². The van der Waals surface area contributed by atoms with Crippen molar-refractivity contribution in [1.29, 1.82) is 0 Å². The lowest BCUT2D eigenvalue weighted by Gasteiger charge is -2.51. The molecule has 4 heteroatoms. The van der Waals surface area contributed by atoms with Gasteiger partial charge >= 0.3 is 0 Å². The van der Waals surface area contributed by atoms with Crippen LogP contribution in [0.3, 0.4) is 0 Å². The average molecular weight is 282 g/mol. The largest absolute Gasteiger partial charge is 0.340 e. The van der Waals surface area contributed by atoms with Crippen LogP contribution in [0.2, 0.25) is 0 Å². The van der Waals surface area contributed by atoms with Crippen LogP contribution in [0.4, 0.5) is 0 Å². The fourth-order valence-electron chi connectivity index (χ4n) is 3.21. The molecule has 1 fully saturated rings. The van der Waals surface area contributed by atoms with Gasteiger partial charge in [0.15, 0.2) is 0 Å². The van der Waals surface area contributed by atoms with E-state index in [1.165, 1.54) is 0 Å². The molecule has 4 nitrogen and oxygen atoms in total. The van der Waals surface area contributed by atoms with E-state index in [1.807, 2.05) is 18.7 Å². The van der Waals surface area contributed by atoms with Crippen LogP contribution < -0.4 is 5.32 Å². The monoisotopic (exact) mass is 282 g/mol. The van der Waals surface area contributed by atoms with Crippen LogP contribution in [0.25, 0.3) is 0 Å². The van der Waals surface area contributed by atoms with Crippen LogP contribution >= 0.6 is 0 Å². The third-order valence-corrected chi connectivity index (χ3v) is 4.59. The summed E-state index contributed by atoms with van der Waals surface area (Å²) in [7, 11) is 0. The van der Waals surface area contributed by atoms with E-state index >= 15 is 0 Å². The molecule has 0 radical (unpaired) electrons. The molecule has 0 spiro atoms. The standard InChI is InChI=1S/C16H30N2O2/c1-7-10-12(4)11-18-14(20)15(5,6)17-13(19)16(18,8-2)9-3/h12H,7-11H2,1-6H3,(H,17,19). The van der Waals surface area contributed by atoms with Gasteiger partial charge in [0.05, 0.1) is 0 Å². The predicted molar refractivity (Wildman–Crippen MR) is 81.3 cm³/mol. The van der Waals surface area contributed by atoms with E-state index in [0.717, 1.165) is 12.8 Å². The summed E-state index contributed by atoms with van der Waals surface area (Å²) in [5.41, 5.74) is -1.47. The van der Waals surface area contributed by atoms with E-state index < -0.39 is 11.1 Å². The zero-order chi connectivity index (χ0) is 15.6. The average Bonchev–Trinajstić information content (AvgIpc) is 2.37. The fourth-order valence-corrected chi connectivity index (χ4v) is 3.21. The highest BCUT2D eigenvalue weighted by Gasteiger charge is 2.53. The minimum atomic E-state index is -0.795. The lowest BCUT2D eigenvalue weighted by molar-refractivity contribution is -0.163. The molecule has 1 aliphatic rings. The maximum atomic E-state index is 12.8. The third-order valence-electron chi connectivity index (χ3n) is 4.59. The Hall–Kier alpha value is -1.06. The Kier molecular flexibility index (Phi) is 5.22. The highest BCUT2D eigenvalue weighted by molar-refractivity contribution is 6.01. The number of carbonyl (C=O) groups is 2. The SMILES string of the molecule is CCCC(C)CN1C(=O)C(C)(C)NC(=O)C1(CC)CC. The first-order chi connectivity index (χ1) is 9.25. The lowest BCUT2D eigenvalue weighted by atomic mass is 9.82. The number of nitrogens with zero attached hydrogens (tertiary/aromatic N) is 1. The van der Waals surface area contributed by atoms with E-state index in [0.29, 0.717) is 25.3 Å². The first-order valence-electron chi connectivity index (χ1n) is 7.89. The summed E-state index contributed by atoms with van der Waals surface area (Å²) in [5, 5.41) is 2.90. The molecule has 1 unspecified atom stereocenters. The summed E-state index contributed by atoms with van der Waals surface area (Å²) >= 11 is 0. The van der Waals surface area contributed by atoms with Gasteiger partial charge in [-0.25, -0.2) is 0 Å². The molecule has 0 aromatic heterocycles. The van der Waals surface area contributed by atoms with E-state index in [4.69, 9.17) is 0 Å². The lowest BCUT2D eigenvalue weighted by Crippen LogP contribution is -2.74. The van der Waals surface area contributed by atoms with E-state index in [9.17, 15) is 9.59 Å². The van der Waals surface area contributed by atoms with Gasteiger partial charge in [0.2, 0.25) is 11.8 Å². The van der Waals surface area contributed by atoms with Crippen molar-refractivity contribution in [3.05, 3.63) is 0 Å². The molecule has 1 atom stereocenters. The topological polar surface area (TPSA) is 49.4 Å². The van der Waals surface area contributed by atoms with E-state index in [1.54, 1.807) is 13.8 Å². The Morgan fingerprint density at radius 2 is 1.70 bits per heavy atom. The minimum absolute atomic E-state index is 0.00389. The Labute approximate surface area is 123 Å². The maximum Gasteiger partial charge on any atom is 0.248 e. The molecule has 0 aromatic carbocycles. The Balaban J connectivity index is 3.13. The predicted octanol–water partition coefficient (Wildman–Crippen LogP) is 2.72. The van der Waals surface area contributed by atoms with Crippen molar-refractivity contribution in [1.82, 2.24) is 10.2 Å². The van der Waals surface area contributed by atoms with Gasteiger partial charge in [0.1, 0.15) is 11.1 Å². The number of hydrogen-bond donors (Lipinski definition) is 1. The second-order valence-electron chi connectivity index (χ2n) is 6.63. The van der Waals surface area contributed by atoms with Gasteiger partial charge in [0.25, 0.3) is 0 Å². The van der Waals surface area contributed by atoms with Gasteiger partial charge in [-0.05, 0) is 39.0 Å².